The zero-order valence-corrected chi connectivity index (χ0v) is 16.9. The number of piperazine rings is 1. The molecule has 1 aliphatic heterocycles. The third kappa shape index (κ3) is 3.38. The fraction of sp³-hybridized carbons (Fsp3) is 0.364. The smallest absolute Gasteiger partial charge is 0.227 e. The maximum Gasteiger partial charge on any atom is 0.227 e. The van der Waals surface area contributed by atoms with Crippen molar-refractivity contribution in [2.75, 3.05) is 48.3 Å². The summed E-state index contributed by atoms with van der Waals surface area (Å²) in [6.07, 6.45) is 4.56. The van der Waals surface area contributed by atoms with Gasteiger partial charge in [-0.2, -0.15) is 4.98 Å². The summed E-state index contributed by atoms with van der Waals surface area (Å²) in [4.78, 5) is 31.3. The Balaban J connectivity index is 1.39. The molecule has 1 N–H and O–H groups in total. The second-order valence-corrected chi connectivity index (χ2v) is 7.65. The number of pyridine rings is 1. The molecule has 1 atom stereocenters. The predicted molar refractivity (Wildman–Crippen MR) is 114 cm³/mol. The van der Waals surface area contributed by atoms with Crippen molar-refractivity contribution in [3.63, 3.8) is 0 Å². The second-order valence-electron chi connectivity index (χ2n) is 7.65. The number of fused-ring (bicyclic) bond motifs is 1. The van der Waals surface area contributed by atoms with Gasteiger partial charge in [0.05, 0.1) is 17.5 Å². The molecular weight excluding hydrogens is 380 g/mol. The van der Waals surface area contributed by atoms with Crippen LogP contribution < -0.4 is 15.1 Å². The number of furan rings is 1. The number of carbonyl (C=O) groups excluding carboxylic acids is 1. The van der Waals surface area contributed by atoms with E-state index < -0.39 is 0 Å². The first-order chi connectivity index (χ1) is 14.7. The SMILES string of the molecule is CNc1nc(N2CCN(c3ccccn3)CC2)nc2c1C(=O)C[C@H](c1ccco1)C2. The van der Waals surface area contributed by atoms with Crippen molar-refractivity contribution in [3.8, 4) is 0 Å². The van der Waals surface area contributed by atoms with Crippen LogP contribution in [0.3, 0.4) is 0 Å². The van der Waals surface area contributed by atoms with Crippen LogP contribution in [0.15, 0.2) is 47.2 Å². The molecule has 1 fully saturated rings. The average Bonchev–Trinajstić information content (AvgIpc) is 3.34. The summed E-state index contributed by atoms with van der Waals surface area (Å²) in [5, 5.41) is 3.11. The second kappa shape index (κ2) is 7.78. The molecule has 5 rings (SSSR count). The summed E-state index contributed by atoms with van der Waals surface area (Å²) >= 11 is 0. The standard InChI is InChI=1S/C22H24N6O2/c1-23-21-20-16(13-15(14-17(20)29)18-5-4-12-30-18)25-22(26-21)28-10-8-27(9-11-28)19-6-2-3-7-24-19/h2-7,12,15H,8-11,13-14H2,1H3,(H,23,25,26)/t15-/m1/s1. The van der Waals surface area contributed by atoms with Gasteiger partial charge in [-0.3, -0.25) is 4.79 Å². The number of rotatable bonds is 4. The van der Waals surface area contributed by atoms with Crippen LogP contribution in [0.4, 0.5) is 17.6 Å². The Morgan fingerprint density at radius 3 is 2.57 bits per heavy atom. The van der Waals surface area contributed by atoms with Gasteiger partial charge < -0.3 is 19.5 Å². The molecule has 0 radical (unpaired) electrons. The molecule has 8 heteroatoms. The lowest BCUT2D eigenvalue weighted by Crippen LogP contribution is -2.47. The topological polar surface area (TPSA) is 87.4 Å². The number of carbonyl (C=O) groups is 1. The normalized spacial score (nSPS) is 19.0. The van der Waals surface area contributed by atoms with Crippen LogP contribution >= 0.6 is 0 Å². The maximum absolute atomic E-state index is 12.9. The molecule has 154 valence electrons. The molecule has 0 saturated carbocycles. The van der Waals surface area contributed by atoms with E-state index in [4.69, 9.17) is 9.40 Å². The minimum Gasteiger partial charge on any atom is -0.469 e. The first-order valence-electron chi connectivity index (χ1n) is 10.3. The fourth-order valence-corrected chi connectivity index (χ4v) is 4.29. The number of Topliss-reactive ketones (excluding diaryl/α,β-unsaturated/α-hetero) is 1. The van der Waals surface area contributed by atoms with Gasteiger partial charge in [-0.05, 0) is 24.3 Å². The van der Waals surface area contributed by atoms with Crippen molar-refractivity contribution < 1.29 is 9.21 Å². The number of nitrogens with one attached hydrogen (secondary N) is 1. The molecule has 1 saturated heterocycles. The largest absolute Gasteiger partial charge is 0.469 e. The van der Waals surface area contributed by atoms with Gasteiger partial charge in [0, 0.05) is 58.2 Å². The van der Waals surface area contributed by atoms with Crippen molar-refractivity contribution in [1.29, 1.82) is 0 Å². The Kier molecular flexibility index (Phi) is 4.82. The monoisotopic (exact) mass is 404 g/mol. The third-order valence-electron chi connectivity index (χ3n) is 5.84. The molecule has 2 aliphatic rings. The first kappa shape index (κ1) is 18.6. The highest BCUT2D eigenvalue weighted by molar-refractivity contribution is 6.03. The zero-order valence-electron chi connectivity index (χ0n) is 16.9. The van der Waals surface area contributed by atoms with Gasteiger partial charge in [0.15, 0.2) is 5.78 Å². The summed E-state index contributed by atoms with van der Waals surface area (Å²) in [6.45, 7) is 3.29. The molecule has 0 bridgehead atoms. The van der Waals surface area contributed by atoms with E-state index in [1.54, 1.807) is 13.3 Å². The summed E-state index contributed by atoms with van der Waals surface area (Å²) in [6, 6.07) is 9.76. The molecule has 8 nitrogen and oxygen atoms in total. The van der Waals surface area contributed by atoms with Gasteiger partial charge >= 0.3 is 0 Å². The molecule has 3 aromatic heterocycles. The van der Waals surface area contributed by atoms with Crippen LogP contribution in [0.1, 0.15) is 34.2 Å². The third-order valence-corrected chi connectivity index (χ3v) is 5.84. The molecule has 1 aliphatic carbocycles. The molecule has 0 aromatic carbocycles. The van der Waals surface area contributed by atoms with E-state index in [1.165, 1.54) is 0 Å². The lowest BCUT2D eigenvalue weighted by Gasteiger charge is -2.36. The zero-order chi connectivity index (χ0) is 20.5. The van der Waals surface area contributed by atoms with Gasteiger partial charge in [0.1, 0.15) is 17.4 Å². The van der Waals surface area contributed by atoms with E-state index in [-0.39, 0.29) is 11.7 Å². The molecule has 3 aromatic rings. The van der Waals surface area contributed by atoms with E-state index in [0.717, 1.165) is 43.5 Å². The number of aromatic nitrogens is 3. The Morgan fingerprint density at radius 2 is 1.87 bits per heavy atom. The fourth-order valence-electron chi connectivity index (χ4n) is 4.29. The lowest BCUT2D eigenvalue weighted by molar-refractivity contribution is 0.0959. The van der Waals surface area contributed by atoms with E-state index in [9.17, 15) is 4.79 Å². The number of nitrogens with zero attached hydrogens (tertiary/aromatic N) is 5. The van der Waals surface area contributed by atoms with E-state index in [1.807, 2.05) is 36.5 Å². The van der Waals surface area contributed by atoms with E-state index in [0.29, 0.717) is 30.2 Å². The van der Waals surface area contributed by atoms with Gasteiger partial charge in [-0.15, -0.1) is 0 Å². The van der Waals surface area contributed by atoms with E-state index in [2.05, 4.69) is 25.1 Å². The van der Waals surface area contributed by atoms with Crippen LogP contribution in [0, 0.1) is 0 Å². The minimum atomic E-state index is 0.0217. The first-order valence-corrected chi connectivity index (χ1v) is 10.3. The summed E-state index contributed by atoms with van der Waals surface area (Å²) in [5.41, 5.74) is 1.42. The Hall–Kier alpha value is -3.42. The number of hydrogen-bond donors (Lipinski definition) is 1. The molecular formula is C22H24N6O2. The molecule has 0 unspecified atom stereocenters. The van der Waals surface area contributed by atoms with Crippen LogP contribution in [-0.2, 0) is 6.42 Å². The molecule has 0 spiro atoms. The van der Waals surface area contributed by atoms with Crippen LogP contribution in [0.5, 0.6) is 0 Å². The highest BCUT2D eigenvalue weighted by Gasteiger charge is 2.33. The van der Waals surface area contributed by atoms with Crippen molar-refractivity contribution in [1.82, 2.24) is 15.0 Å². The van der Waals surface area contributed by atoms with Gasteiger partial charge in [0.25, 0.3) is 0 Å². The lowest BCUT2D eigenvalue weighted by atomic mass is 9.84. The molecule has 30 heavy (non-hydrogen) atoms. The number of anilines is 3. The molecule has 4 heterocycles. The Bertz CT molecular complexity index is 1030. The summed E-state index contributed by atoms with van der Waals surface area (Å²) in [5.74, 6) is 3.20. The number of ketones is 1. The number of hydrogen-bond acceptors (Lipinski definition) is 8. The highest BCUT2D eigenvalue weighted by atomic mass is 16.3. The summed E-state index contributed by atoms with van der Waals surface area (Å²) < 4.78 is 5.56. The van der Waals surface area contributed by atoms with Gasteiger partial charge in [-0.25, -0.2) is 9.97 Å². The van der Waals surface area contributed by atoms with Crippen LogP contribution in [0.25, 0.3) is 0 Å². The quantitative estimate of drug-likeness (QED) is 0.710. The van der Waals surface area contributed by atoms with Gasteiger partial charge in [0.2, 0.25) is 5.95 Å². The van der Waals surface area contributed by atoms with Crippen molar-refractivity contribution >= 4 is 23.4 Å². The van der Waals surface area contributed by atoms with Crippen molar-refractivity contribution in [2.24, 2.45) is 0 Å². The van der Waals surface area contributed by atoms with E-state index >= 15 is 0 Å². The van der Waals surface area contributed by atoms with Crippen molar-refractivity contribution in [2.45, 2.75) is 18.8 Å². The highest BCUT2D eigenvalue weighted by Crippen LogP contribution is 2.35. The molecule has 0 amide bonds. The predicted octanol–water partition coefficient (Wildman–Crippen LogP) is 2.75. The minimum absolute atomic E-state index is 0.0217. The Labute approximate surface area is 175 Å². The summed E-state index contributed by atoms with van der Waals surface area (Å²) in [7, 11) is 1.80. The van der Waals surface area contributed by atoms with Gasteiger partial charge in [-0.1, -0.05) is 6.07 Å². The average molecular weight is 404 g/mol. The maximum atomic E-state index is 12.9. The Morgan fingerprint density at radius 1 is 1.03 bits per heavy atom. The van der Waals surface area contributed by atoms with Crippen molar-refractivity contribution in [3.05, 3.63) is 59.8 Å². The van der Waals surface area contributed by atoms with Crippen LogP contribution in [0.2, 0.25) is 0 Å². The van der Waals surface area contributed by atoms with Crippen LogP contribution in [-0.4, -0.2) is 54.0 Å².